The number of para-hydroxylation sites is 1. The van der Waals surface area contributed by atoms with Crippen molar-refractivity contribution in [1.82, 2.24) is 10.2 Å². The van der Waals surface area contributed by atoms with Gasteiger partial charge in [0.1, 0.15) is 12.3 Å². The Bertz CT molecular complexity index is 664. The summed E-state index contributed by atoms with van der Waals surface area (Å²) in [5.41, 5.74) is 0.635. The number of piperidine rings is 1. The number of hydrogen-bond donors (Lipinski definition) is 1. The Morgan fingerprint density at radius 2 is 2.04 bits per heavy atom. The zero-order valence-corrected chi connectivity index (χ0v) is 15.5. The second-order valence-corrected chi connectivity index (χ2v) is 6.61. The first kappa shape index (κ1) is 21.1. The van der Waals surface area contributed by atoms with Gasteiger partial charge in [0, 0.05) is 18.5 Å². The topological polar surface area (TPSA) is 58.6 Å². The number of unbranched alkanes of at least 4 members (excludes halogenated alkanes) is 1. The normalized spacial score (nSPS) is 20.5. The molecule has 2 amide bonds. The van der Waals surface area contributed by atoms with Gasteiger partial charge >= 0.3 is 6.18 Å². The number of likely N-dealkylation sites (tertiary alicyclic amines) is 1. The molecule has 0 aromatic heterocycles. The SMILES string of the molecule is CCCCN1C(=O)CCC(C(=O)NCC(F)(F)F)C1c1ccccc1OC. The van der Waals surface area contributed by atoms with Crippen LogP contribution in [0.15, 0.2) is 24.3 Å². The van der Waals surface area contributed by atoms with E-state index in [0.29, 0.717) is 17.9 Å². The third-order valence-electron chi connectivity index (χ3n) is 4.72. The fourth-order valence-electron chi connectivity index (χ4n) is 3.43. The molecule has 2 rings (SSSR count). The van der Waals surface area contributed by atoms with Crippen LogP contribution in [0.5, 0.6) is 5.75 Å². The average Bonchev–Trinajstić information content (AvgIpc) is 2.64. The molecule has 150 valence electrons. The van der Waals surface area contributed by atoms with Gasteiger partial charge in [0.05, 0.1) is 19.1 Å². The fraction of sp³-hybridized carbons (Fsp3) is 0.579. The van der Waals surface area contributed by atoms with Crippen LogP contribution in [0.4, 0.5) is 13.2 Å². The molecular weight excluding hydrogens is 361 g/mol. The number of amides is 2. The number of rotatable bonds is 7. The Balaban J connectivity index is 2.37. The molecular formula is C19H25F3N2O3. The molecule has 1 aromatic rings. The lowest BCUT2D eigenvalue weighted by molar-refractivity contribution is -0.149. The third-order valence-corrected chi connectivity index (χ3v) is 4.72. The Morgan fingerprint density at radius 3 is 2.67 bits per heavy atom. The predicted octanol–water partition coefficient (Wildman–Crippen LogP) is 3.45. The van der Waals surface area contributed by atoms with Crippen LogP contribution >= 0.6 is 0 Å². The molecule has 0 saturated carbocycles. The molecule has 1 fully saturated rings. The van der Waals surface area contributed by atoms with E-state index in [9.17, 15) is 22.8 Å². The van der Waals surface area contributed by atoms with Crippen LogP contribution in [0, 0.1) is 5.92 Å². The largest absolute Gasteiger partial charge is 0.496 e. The maximum Gasteiger partial charge on any atom is 0.405 e. The molecule has 0 bridgehead atoms. The number of benzene rings is 1. The van der Waals surface area contributed by atoms with Crippen molar-refractivity contribution in [1.29, 1.82) is 0 Å². The second kappa shape index (κ2) is 9.10. The maximum atomic E-state index is 12.6. The van der Waals surface area contributed by atoms with Crippen LogP contribution < -0.4 is 10.1 Å². The highest BCUT2D eigenvalue weighted by Gasteiger charge is 2.42. The first-order valence-corrected chi connectivity index (χ1v) is 9.05. The number of carbonyl (C=O) groups is 2. The molecule has 0 aliphatic carbocycles. The Hall–Kier alpha value is -2.25. The third kappa shape index (κ3) is 5.37. The molecule has 0 radical (unpaired) electrons. The highest BCUT2D eigenvalue weighted by molar-refractivity contribution is 5.85. The molecule has 5 nitrogen and oxygen atoms in total. The van der Waals surface area contributed by atoms with Gasteiger partial charge in [-0.2, -0.15) is 13.2 Å². The second-order valence-electron chi connectivity index (χ2n) is 6.61. The fourth-order valence-corrected chi connectivity index (χ4v) is 3.43. The lowest BCUT2D eigenvalue weighted by atomic mass is 9.83. The zero-order chi connectivity index (χ0) is 20.0. The molecule has 8 heteroatoms. The smallest absolute Gasteiger partial charge is 0.405 e. The molecule has 2 unspecified atom stereocenters. The molecule has 1 aliphatic heterocycles. The average molecular weight is 386 g/mol. The van der Waals surface area contributed by atoms with Gasteiger partial charge in [0.25, 0.3) is 0 Å². The van der Waals surface area contributed by atoms with Crippen molar-refractivity contribution in [3.63, 3.8) is 0 Å². The molecule has 1 aromatic carbocycles. The first-order chi connectivity index (χ1) is 12.8. The summed E-state index contributed by atoms with van der Waals surface area (Å²) >= 11 is 0. The summed E-state index contributed by atoms with van der Waals surface area (Å²) in [6.07, 6.45) is -2.54. The van der Waals surface area contributed by atoms with Gasteiger partial charge in [0.2, 0.25) is 11.8 Å². The van der Waals surface area contributed by atoms with Crippen LogP contribution in [-0.4, -0.2) is 43.1 Å². The number of halogens is 3. The number of hydrogen-bond acceptors (Lipinski definition) is 3. The number of carbonyl (C=O) groups excluding carboxylic acids is 2. The van der Waals surface area contributed by atoms with E-state index < -0.39 is 30.6 Å². The lowest BCUT2D eigenvalue weighted by Crippen LogP contribution is -2.49. The minimum atomic E-state index is -4.48. The van der Waals surface area contributed by atoms with Gasteiger partial charge in [-0.1, -0.05) is 31.5 Å². The van der Waals surface area contributed by atoms with E-state index in [1.807, 2.05) is 12.2 Å². The summed E-state index contributed by atoms with van der Waals surface area (Å²) in [7, 11) is 1.48. The van der Waals surface area contributed by atoms with Crippen molar-refractivity contribution < 1.29 is 27.5 Å². The monoisotopic (exact) mass is 386 g/mol. The molecule has 1 aliphatic rings. The van der Waals surface area contributed by atoms with Gasteiger partial charge < -0.3 is 15.0 Å². The maximum absolute atomic E-state index is 12.6. The highest BCUT2D eigenvalue weighted by atomic mass is 19.4. The van der Waals surface area contributed by atoms with Crippen LogP contribution in [0.3, 0.4) is 0 Å². The minimum Gasteiger partial charge on any atom is -0.496 e. The molecule has 2 atom stereocenters. The van der Waals surface area contributed by atoms with E-state index in [4.69, 9.17) is 4.74 Å². The van der Waals surface area contributed by atoms with Crippen molar-refractivity contribution in [2.75, 3.05) is 20.2 Å². The van der Waals surface area contributed by atoms with E-state index >= 15 is 0 Å². The molecule has 1 heterocycles. The molecule has 1 saturated heterocycles. The van der Waals surface area contributed by atoms with E-state index in [0.717, 1.165) is 12.8 Å². The van der Waals surface area contributed by atoms with E-state index in [2.05, 4.69) is 0 Å². The molecule has 27 heavy (non-hydrogen) atoms. The summed E-state index contributed by atoms with van der Waals surface area (Å²) in [6.45, 7) is 1.05. The number of methoxy groups -OCH3 is 1. The van der Waals surface area contributed by atoms with Gasteiger partial charge in [-0.15, -0.1) is 0 Å². The van der Waals surface area contributed by atoms with E-state index in [1.54, 1.807) is 29.2 Å². The van der Waals surface area contributed by atoms with Crippen LogP contribution in [0.1, 0.15) is 44.2 Å². The van der Waals surface area contributed by atoms with Crippen molar-refractivity contribution in [3.8, 4) is 5.75 Å². The van der Waals surface area contributed by atoms with Crippen molar-refractivity contribution in [3.05, 3.63) is 29.8 Å². The Morgan fingerprint density at radius 1 is 1.33 bits per heavy atom. The first-order valence-electron chi connectivity index (χ1n) is 9.05. The van der Waals surface area contributed by atoms with E-state index in [1.165, 1.54) is 7.11 Å². The summed E-state index contributed by atoms with van der Waals surface area (Å²) in [4.78, 5) is 26.7. The number of nitrogens with one attached hydrogen (secondary N) is 1. The highest BCUT2D eigenvalue weighted by Crippen LogP contribution is 2.40. The zero-order valence-electron chi connectivity index (χ0n) is 15.5. The van der Waals surface area contributed by atoms with Crippen molar-refractivity contribution in [2.24, 2.45) is 5.92 Å². The summed E-state index contributed by atoms with van der Waals surface area (Å²) in [5.74, 6) is -1.05. The van der Waals surface area contributed by atoms with Gasteiger partial charge in [-0.25, -0.2) is 0 Å². The van der Waals surface area contributed by atoms with Crippen molar-refractivity contribution >= 4 is 11.8 Å². The number of nitrogens with zero attached hydrogens (tertiary/aromatic N) is 1. The van der Waals surface area contributed by atoms with Crippen molar-refractivity contribution in [2.45, 2.75) is 44.8 Å². The van der Waals surface area contributed by atoms with Crippen LogP contribution in [0.25, 0.3) is 0 Å². The Labute approximate surface area is 156 Å². The standard InChI is InChI=1S/C19H25F3N2O3/c1-3-4-11-24-16(25)10-9-14(18(26)23-12-19(20,21)22)17(24)13-7-5-6-8-15(13)27-2/h5-8,14,17H,3-4,9-12H2,1-2H3,(H,23,26). The van der Waals surface area contributed by atoms with Crippen LogP contribution in [0.2, 0.25) is 0 Å². The van der Waals surface area contributed by atoms with Crippen LogP contribution in [-0.2, 0) is 9.59 Å². The number of alkyl halides is 3. The summed E-state index contributed by atoms with van der Waals surface area (Å²) in [6, 6.07) is 6.35. The number of ether oxygens (including phenoxy) is 1. The molecule has 1 N–H and O–H groups in total. The lowest BCUT2D eigenvalue weighted by Gasteiger charge is -2.41. The predicted molar refractivity (Wildman–Crippen MR) is 94.1 cm³/mol. The quantitative estimate of drug-likeness (QED) is 0.781. The molecule has 0 spiro atoms. The van der Waals surface area contributed by atoms with Gasteiger partial charge in [0.15, 0.2) is 0 Å². The van der Waals surface area contributed by atoms with E-state index in [-0.39, 0.29) is 18.7 Å². The summed E-state index contributed by atoms with van der Waals surface area (Å²) in [5, 5.41) is 1.98. The Kier molecular flexibility index (Phi) is 7.10. The minimum absolute atomic E-state index is 0.0979. The van der Waals surface area contributed by atoms with Gasteiger partial charge in [-0.05, 0) is 18.9 Å². The van der Waals surface area contributed by atoms with Gasteiger partial charge in [-0.3, -0.25) is 9.59 Å². The summed E-state index contributed by atoms with van der Waals surface area (Å²) < 4.78 is 43.0.